The van der Waals surface area contributed by atoms with Gasteiger partial charge in [0.1, 0.15) is 0 Å². The molecule has 2 N–H and O–H groups in total. The third-order valence-corrected chi connectivity index (χ3v) is 3.85. The Bertz CT molecular complexity index is 375. The minimum atomic E-state index is 0.444. The van der Waals surface area contributed by atoms with Crippen LogP contribution < -0.4 is 5.73 Å². The average Bonchev–Trinajstić information content (AvgIpc) is 2.31. The molecule has 0 saturated heterocycles. The summed E-state index contributed by atoms with van der Waals surface area (Å²) in [5, 5.41) is 0. The van der Waals surface area contributed by atoms with E-state index in [1.165, 1.54) is 31.2 Å². The average molecular weight is 233 g/mol. The summed E-state index contributed by atoms with van der Waals surface area (Å²) in [7, 11) is 0. The Kier molecular flexibility index (Phi) is 4.06. The molecule has 1 aliphatic rings. The van der Waals surface area contributed by atoms with Gasteiger partial charge in [-0.25, -0.2) is 0 Å². The van der Waals surface area contributed by atoms with Crippen LogP contribution in [0.3, 0.4) is 0 Å². The molecule has 0 heterocycles. The molecular formula is C15H23NO. The second-order valence-electron chi connectivity index (χ2n) is 5.34. The molecule has 17 heavy (non-hydrogen) atoms. The van der Waals surface area contributed by atoms with Crippen molar-refractivity contribution in [2.45, 2.75) is 52.2 Å². The van der Waals surface area contributed by atoms with E-state index < -0.39 is 0 Å². The highest BCUT2D eigenvalue weighted by atomic mass is 16.5. The monoisotopic (exact) mass is 233 g/mol. The molecule has 2 nitrogen and oxygen atoms in total. The molecule has 2 atom stereocenters. The highest BCUT2D eigenvalue weighted by molar-refractivity contribution is 5.49. The van der Waals surface area contributed by atoms with Gasteiger partial charge < -0.3 is 10.5 Å². The van der Waals surface area contributed by atoms with Gasteiger partial charge in [0.05, 0.1) is 12.7 Å². The number of nitrogens with two attached hydrogens (primary N) is 1. The Hall–Kier alpha value is -1.02. The third-order valence-electron chi connectivity index (χ3n) is 3.85. The summed E-state index contributed by atoms with van der Waals surface area (Å²) in [5.74, 6) is 0.815. The first-order valence-electron chi connectivity index (χ1n) is 6.62. The van der Waals surface area contributed by atoms with Crippen LogP contribution in [0.5, 0.6) is 0 Å². The summed E-state index contributed by atoms with van der Waals surface area (Å²) in [5.41, 5.74) is 9.15. The van der Waals surface area contributed by atoms with Crippen molar-refractivity contribution in [3.63, 3.8) is 0 Å². The fourth-order valence-electron chi connectivity index (χ4n) is 2.60. The second-order valence-corrected chi connectivity index (χ2v) is 5.34. The zero-order chi connectivity index (χ0) is 12.3. The molecule has 0 spiro atoms. The van der Waals surface area contributed by atoms with Gasteiger partial charge in [0.2, 0.25) is 0 Å². The fraction of sp³-hybridized carbons (Fsp3) is 0.600. The van der Waals surface area contributed by atoms with Crippen molar-refractivity contribution < 1.29 is 4.74 Å². The molecule has 0 amide bonds. The van der Waals surface area contributed by atoms with Crippen molar-refractivity contribution >= 4 is 5.69 Å². The first kappa shape index (κ1) is 12.4. The minimum Gasteiger partial charge on any atom is -0.399 e. The van der Waals surface area contributed by atoms with Crippen LogP contribution in [0, 0.1) is 12.8 Å². The van der Waals surface area contributed by atoms with Gasteiger partial charge in [-0.05, 0) is 42.9 Å². The molecule has 2 rings (SSSR count). The summed E-state index contributed by atoms with van der Waals surface area (Å²) in [6, 6.07) is 6.06. The highest BCUT2D eigenvalue weighted by Crippen LogP contribution is 2.27. The van der Waals surface area contributed by atoms with Gasteiger partial charge in [0.15, 0.2) is 0 Å². The number of hydrogen-bond donors (Lipinski definition) is 1. The largest absolute Gasteiger partial charge is 0.399 e. The first-order valence-corrected chi connectivity index (χ1v) is 6.62. The number of ether oxygens (including phenoxy) is 1. The van der Waals surface area contributed by atoms with Gasteiger partial charge in [0, 0.05) is 5.69 Å². The van der Waals surface area contributed by atoms with Gasteiger partial charge in [0.25, 0.3) is 0 Å². The molecule has 0 radical (unpaired) electrons. The Morgan fingerprint density at radius 3 is 2.94 bits per heavy atom. The predicted octanol–water partition coefficient (Wildman–Crippen LogP) is 3.67. The molecule has 1 fully saturated rings. The van der Waals surface area contributed by atoms with E-state index in [9.17, 15) is 0 Å². The highest BCUT2D eigenvalue weighted by Gasteiger charge is 2.19. The van der Waals surface area contributed by atoms with Gasteiger partial charge >= 0.3 is 0 Å². The quantitative estimate of drug-likeness (QED) is 0.808. The lowest BCUT2D eigenvalue weighted by Gasteiger charge is -2.27. The predicted molar refractivity (Wildman–Crippen MR) is 71.8 cm³/mol. The molecule has 1 aromatic carbocycles. The molecule has 0 aliphatic heterocycles. The van der Waals surface area contributed by atoms with E-state index in [4.69, 9.17) is 10.5 Å². The third kappa shape index (κ3) is 3.22. The van der Waals surface area contributed by atoms with Crippen LogP contribution in [0.4, 0.5) is 5.69 Å². The van der Waals surface area contributed by atoms with Crippen LogP contribution in [0.15, 0.2) is 18.2 Å². The molecule has 1 saturated carbocycles. The van der Waals surface area contributed by atoms with Crippen molar-refractivity contribution in [3.05, 3.63) is 29.3 Å². The van der Waals surface area contributed by atoms with E-state index in [1.54, 1.807) is 0 Å². The lowest BCUT2D eigenvalue weighted by atomic mass is 9.89. The number of nitrogen functional groups attached to an aromatic ring is 1. The Morgan fingerprint density at radius 1 is 1.35 bits per heavy atom. The zero-order valence-electron chi connectivity index (χ0n) is 10.9. The topological polar surface area (TPSA) is 35.2 Å². The molecule has 0 bridgehead atoms. The first-order chi connectivity index (χ1) is 8.16. The van der Waals surface area contributed by atoms with E-state index in [-0.39, 0.29) is 0 Å². The van der Waals surface area contributed by atoms with Crippen LogP contribution in [-0.4, -0.2) is 6.10 Å². The molecule has 1 aromatic rings. The van der Waals surface area contributed by atoms with Crippen molar-refractivity contribution in [1.82, 2.24) is 0 Å². The van der Waals surface area contributed by atoms with Crippen molar-refractivity contribution in [1.29, 1.82) is 0 Å². The van der Waals surface area contributed by atoms with Crippen LogP contribution >= 0.6 is 0 Å². The van der Waals surface area contributed by atoms with Crippen LogP contribution in [0.2, 0.25) is 0 Å². The number of benzene rings is 1. The van der Waals surface area contributed by atoms with E-state index in [1.807, 2.05) is 12.1 Å². The lowest BCUT2D eigenvalue weighted by molar-refractivity contribution is 0.00449. The van der Waals surface area contributed by atoms with E-state index in [2.05, 4.69) is 19.9 Å². The van der Waals surface area contributed by atoms with E-state index in [0.29, 0.717) is 12.7 Å². The fourth-order valence-corrected chi connectivity index (χ4v) is 2.60. The summed E-state index contributed by atoms with van der Waals surface area (Å²) in [4.78, 5) is 0. The van der Waals surface area contributed by atoms with E-state index in [0.717, 1.165) is 17.2 Å². The Balaban J connectivity index is 1.91. The normalized spacial score (nSPS) is 24.8. The minimum absolute atomic E-state index is 0.444. The summed E-state index contributed by atoms with van der Waals surface area (Å²) < 4.78 is 6.02. The summed E-state index contributed by atoms with van der Waals surface area (Å²) in [6.45, 7) is 5.09. The van der Waals surface area contributed by atoms with E-state index >= 15 is 0 Å². The van der Waals surface area contributed by atoms with Gasteiger partial charge in [-0.3, -0.25) is 0 Å². The van der Waals surface area contributed by atoms with Gasteiger partial charge in [-0.2, -0.15) is 0 Å². The maximum Gasteiger partial charge on any atom is 0.0723 e. The van der Waals surface area contributed by atoms with Crippen molar-refractivity contribution in [2.75, 3.05) is 5.73 Å². The zero-order valence-corrected chi connectivity index (χ0v) is 10.9. The maximum absolute atomic E-state index is 6.02. The van der Waals surface area contributed by atoms with Gasteiger partial charge in [-0.15, -0.1) is 0 Å². The van der Waals surface area contributed by atoms with Crippen LogP contribution in [-0.2, 0) is 11.3 Å². The molecular weight excluding hydrogens is 210 g/mol. The second kappa shape index (κ2) is 5.54. The number of rotatable bonds is 3. The molecule has 94 valence electrons. The Morgan fingerprint density at radius 2 is 2.18 bits per heavy atom. The number of anilines is 1. The van der Waals surface area contributed by atoms with Crippen LogP contribution in [0.25, 0.3) is 0 Å². The smallest absolute Gasteiger partial charge is 0.0723 e. The van der Waals surface area contributed by atoms with Gasteiger partial charge in [-0.1, -0.05) is 31.9 Å². The van der Waals surface area contributed by atoms with Crippen molar-refractivity contribution in [3.8, 4) is 0 Å². The SMILES string of the molecule is Cc1c(N)cccc1COC1CCCC(C)C1. The Labute approximate surface area is 104 Å². The maximum atomic E-state index is 6.02. The number of hydrogen-bond acceptors (Lipinski definition) is 2. The summed E-state index contributed by atoms with van der Waals surface area (Å²) >= 11 is 0. The standard InChI is InChI=1S/C15H23NO/c1-11-5-3-7-14(9-11)17-10-13-6-4-8-15(16)12(13)2/h4,6,8,11,14H,3,5,7,9-10,16H2,1-2H3. The summed E-state index contributed by atoms with van der Waals surface area (Å²) in [6.07, 6.45) is 5.53. The van der Waals surface area contributed by atoms with Crippen molar-refractivity contribution in [2.24, 2.45) is 5.92 Å². The van der Waals surface area contributed by atoms with Crippen LogP contribution in [0.1, 0.15) is 43.7 Å². The lowest BCUT2D eigenvalue weighted by Crippen LogP contribution is -2.21. The molecule has 1 aliphatic carbocycles. The molecule has 2 unspecified atom stereocenters. The molecule has 2 heteroatoms. The molecule has 0 aromatic heterocycles.